The van der Waals surface area contributed by atoms with Crippen LogP contribution in [0.4, 0.5) is 0 Å². The van der Waals surface area contributed by atoms with Crippen molar-refractivity contribution in [3.05, 3.63) is 144 Å². The van der Waals surface area contributed by atoms with Gasteiger partial charge >= 0.3 is 0 Å². The number of carbonyl (C=O) groups excluding carboxylic acids is 1. The summed E-state index contributed by atoms with van der Waals surface area (Å²) in [5, 5.41) is 2.16. The summed E-state index contributed by atoms with van der Waals surface area (Å²) in [5.74, 6) is 2.23. The first-order valence-electron chi connectivity index (χ1n) is 16.8. The second kappa shape index (κ2) is 16.0. The van der Waals surface area contributed by atoms with Gasteiger partial charge < -0.3 is 25.8 Å². The van der Waals surface area contributed by atoms with Crippen molar-refractivity contribution < 1.29 is 14.3 Å². The number of amides is 1. The summed E-state index contributed by atoms with van der Waals surface area (Å²) in [6.45, 7) is 2.56. The number of aliphatic imine (C=N–C) groups is 1. The maximum Gasteiger partial charge on any atom is 0.254 e. The third-order valence-corrected chi connectivity index (χ3v) is 9.04. The summed E-state index contributed by atoms with van der Waals surface area (Å²) in [4.78, 5) is 20.6. The van der Waals surface area contributed by atoms with Gasteiger partial charge in [-0.2, -0.15) is 0 Å². The number of hydrogen-bond acceptors (Lipinski definition) is 4. The first-order chi connectivity index (χ1) is 23.5. The fraction of sp³-hybridized carbons (Fsp3) is 0.268. The maximum atomic E-state index is 14.3. The highest BCUT2D eigenvalue weighted by Crippen LogP contribution is 2.33. The molecule has 1 amide bonds. The molecule has 7 heteroatoms. The van der Waals surface area contributed by atoms with Crippen molar-refractivity contribution in [3.63, 3.8) is 0 Å². The van der Waals surface area contributed by atoms with Gasteiger partial charge in [-0.3, -0.25) is 9.79 Å². The Bertz CT molecular complexity index is 1820. The zero-order chi connectivity index (χ0) is 33.1. The third-order valence-electron chi connectivity index (χ3n) is 9.04. The Morgan fingerprint density at radius 1 is 0.688 bits per heavy atom. The second-order valence-corrected chi connectivity index (χ2v) is 12.7. The van der Waals surface area contributed by atoms with Crippen molar-refractivity contribution in [2.45, 2.75) is 45.4 Å². The standard InChI is InChI=1S/C41H44N4O3/c42-41(43)44-25-32-14-9-15-33(22-32)26-45(40(46)37-20-19-35-16-7-8-17-36(35)24-37)27-34-18-21-38(47-28-30-10-3-1-4-11-30)39(23-34)48-29-31-12-5-2-6-13-31/h1-8,10-13,16-21,23-24,32-33H,9,14-15,22,25-29H2,(H4,42,43,44). The lowest BCUT2D eigenvalue weighted by Gasteiger charge is -2.33. The zero-order valence-corrected chi connectivity index (χ0v) is 27.3. The number of hydrogen-bond donors (Lipinski definition) is 2. The van der Waals surface area contributed by atoms with Crippen molar-refractivity contribution in [1.82, 2.24) is 4.90 Å². The summed E-state index contributed by atoms with van der Waals surface area (Å²) in [7, 11) is 0. The molecule has 2 unspecified atom stereocenters. The van der Waals surface area contributed by atoms with E-state index in [1.54, 1.807) is 0 Å². The monoisotopic (exact) mass is 640 g/mol. The highest BCUT2D eigenvalue weighted by molar-refractivity contribution is 5.98. The second-order valence-electron chi connectivity index (χ2n) is 12.7. The van der Waals surface area contributed by atoms with E-state index in [0.717, 1.165) is 53.1 Å². The van der Waals surface area contributed by atoms with E-state index in [0.29, 0.717) is 61.7 Å². The van der Waals surface area contributed by atoms with E-state index in [-0.39, 0.29) is 11.9 Å². The molecule has 0 heterocycles. The first kappa shape index (κ1) is 32.6. The molecular weight excluding hydrogens is 596 g/mol. The van der Waals surface area contributed by atoms with E-state index in [9.17, 15) is 4.79 Å². The van der Waals surface area contributed by atoms with Crippen LogP contribution in [0.2, 0.25) is 0 Å². The highest BCUT2D eigenvalue weighted by atomic mass is 16.5. The van der Waals surface area contributed by atoms with Crippen molar-refractivity contribution in [2.75, 3.05) is 13.1 Å². The molecule has 7 nitrogen and oxygen atoms in total. The van der Waals surface area contributed by atoms with Gasteiger partial charge in [0.25, 0.3) is 5.91 Å². The Morgan fingerprint density at radius 2 is 1.33 bits per heavy atom. The van der Waals surface area contributed by atoms with E-state index >= 15 is 0 Å². The largest absolute Gasteiger partial charge is 0.485 e. The summed E-state index contributed by atoms with van der Waals surface area (Å²) in [6, 6.07) is 40.3. The molecule has 6 rings (SSSR count). The van der Waals surface area contributed by atoms with Gasteiger partial charge in [0.05, 0.1) is 0 Å². The highest BCUT2D eigenvalue weighted by Gasteiger charge is 2.27. The van der Waals surface area contributed by atoms with Gasteiger partial charge in [0.1, 0.15) is 13.2 Å². The molecule has 5 aromatic rings. The lowest BCUT2D eigenvalue weighted by molar-refractivity contribution is 0.0687. The van der Waals surface area contributed by atoms with E-state index in [4.69, 9.17) is 20.9 Å². The summed E-state index contributed by atoms with van der Waals surface area (Å²) in [5.41, 5.74) is 15.1. The minimum Gasteiger partial charge on any atom is -0.485 e. The number of ether oxygens (including phenoxy) is 2. The molecule has 1 aliphatic carbocycles. The molecule has 0 aromatic heterocycles. The predicted molar refractivity (Wildman–Crippen MR) is 193 cm³/mol. The molecule has 2 atom stereocenters. The number of fused-ring (bicyclic) bond motifs is 1. The van der Waals surface area contributed by atoms with Crippen LogP contribution in [-0.2, 0) is 19.8 Å². The smallest absolute Gasteiger partial charge is 0.254 e. The maximum absolute atomic E-state index is 14.3. The minimum absolute atomic E-state index is 0.0169. The summed E-state index contributed by atoms with van der Waals surface area (Å²) >= 11 is 0. The van der Waals surface area contributed by atoms with E-state index < -0.39 is 0 Å². The van der Waals surface area contributed by atoms with Gasteiger partial charge in [0, 0.05) is 25.2 Å². The van der Waals surface area contributed by atoms with Gasteiger partial charge in [-0.25, -0.2) is 0 Å². The van der Waals surface area contributed by atoms with Gasteiger partial charge in [0.2, 0.25) is 0 Å². The molecule has 0 bridgehead atoms. The Hall–Kier alpha value is -5.30. The quantitative estimate of drug-likeness (QED) is 0.101. The third kappa shape index (κ3) is 8.94. The molecule has 1 aliphatic rings. The molecular formula is C41H44N4O3. The van der Waals surface area contributed by atoms with Crippen LogP contribution in [0.1, 0.15) is 52.7 Å². The lowest BCUT2D eigenvalue weighted by Crippen LogP contribution is -2.37. The molecule has 4 N–H and O–H groups in total. The van der Waals surface area contributed by atoms with Crippen LogP contribution < -0.4 is 20.9 Å². The fourth-order valence-corrected chi connectivity index (χ4v) is 6.58. The van der Waals surface area contributed by atoms with Crippen molar-refractivity contribution in [1.29, 1.82) is 0 Å². The minimum atomic E-state index is 0.0169. The molecule has 48 heavy (non-hydrogen) atoms. The van der Waals surface area contributed by atoms with Crippen LogP contribution in [0.15, 0.2) is 126 Å². The summed E-state index contributed by atoms with van der Waals surface area (Å²) in [6.07, 6.45) is 4.24. The molecule has 1 fully saturated rings. The molecule has 0 aliphatic heterocycles. The average molecular weight is 641 g/mol. The Morgan fingerprint density at radius 3 is 2.04 bits per heavy atom. The topological polar surface area (TPSA) is 103 Å². The SMILES string of the molecule is NC(N)=NCC1CCCC(CN(Cc2ccc(OCc3ccccc3)c(OCc3ccccc3)c2)C(=O)c2ccc3ccccc3c2)C1. The normalized spacial score (nSPS) is 15.8. The molecule has 0 saturated heterocycles. The lowest BCUT2D eigenvalue weighted by atomic mass is 9.81. The number of nitrogens with two attached hydrogens (primary N) is 2. The van der Waals surface area contributed by atoms with Crippen LogP contribution in [0.5, 0.6) is 11.5 Å². The van der Waals surface area contributed by atoms with Crippen molar-refractivity contribution in [2.24, 2.45) is 28.3 Å². The molecule has 1 saturated carbocycles. The molecule has 246 valence electrons. The number of guanidine groups is 1. The number of benzene rings is 5. The molecule has 0 radical (unpaired) electrons. The van der Waals surface area contributed by atoms with Crippen LogP contribution in [-0.4, -0.2) is 29.9 Å². The Labute approximate surface area is 283 Å². The van der Waals surface area contributed by atoms with E-state index in [1.807, 2.05) is 114 Å². The van der Waals surface area contributed by atoms with Gasteiger partial charge in [-0.15, -0.1) is 0 Å². The number of carbonyl (C=O) groups is 1. The number of rotatable bonds is 13. The first-order valence-corrected chi connectivity index (χ1v) is 16.8. The van der Waals surface area contributed by atoms with Gasteiger partial charge in [-0.05, 0) is 82.8 Å². The van der Waals surface area contributed by atoms with Gasteiger partial charge in [0.15, 0.2) is 17.5 Å². The Kier molecular flexibility index (Phi) is 10.9. The Balaban J connectivity index is 1.26. The number of nitrogens with zero attached hydrogens (tertiary/aromatic N) is 2. The van der Waals surface area contributed by atoms with Crippen LogP contribution in [0, 0.1) is 11.8 Å². The zero-order valence-electron chi connectivity index (χ0n) is 27.3. The fourth-order valence-electron chi connectivity index (χ4n) is 6.58. The van der Waals surface area contributed by atoms with Crippen molar-refractivity contribution in [3.8, 4) is 11.5 Å². The van der Waals surface area contributed by atoms with E-state index in [1.165, 1.54) is 0 Å². The van der Waals surface area contributed by atoms with Crippen LogP contribution in [0.3, 0.4) is 0 Å². The summed E-state index contributed by atoms with van der Waals surface area (Å²) < 4.78 is 12.6. The predicted octanol–water partition coefficient (Wildman–Crippen LogP) is 7.72. The average Bonchev–Trinajstić information content (AvgIpc) is 3.13. The van der Waals surface area contributed by atoms with E-state index in [2.05, 4.69) is 17.1 Å². The van der Waals surface area contributed by atoms with Gasteiger partial charge in [-0.1, -0.05) is 103 Å². The molecule has 0 spiro atoms. The van der Waals surface area contributed by atoms with Crippen LogP contribution >= 0.6 is 0 Å². The van der Waals surface area contributed by atoms with Crippen molar-refractivity contribution >= 4 is 22.6 Å². The van der Waals surface area contributed by atoms with Crippen LogP contribution in [0.25, 0.3) is 10.8 Å². The molecule has 5 aromatic carbocycles.